The number of amides is 1. The van der Waals surface area contributed by atoms with Crippen molar-refractivity contribution in [2.45, 2.75) is 57.5 Å². The highest BCUT2D eigenvalue weighted by Gasteiger charge is 2.53. The Kier molecular flexibility index (Phi) is 5.97. The van der Waals surface area contributed by atoms with Crippen LogP contribution in [0.5, 0.6) is 0 Å². The van der Waals surface area contributed by atoms with E-state index in [2.05, 4.69) is 10.3 Å². The average Bonchev–Trinajstić information content (AvgIpc) is 3.40. The second kappa shape index (κ2) is 8.46. The van der Waals surface area contributed by atoms with Crippen molar-refractivity contribution in [3.63, 3.8) is 0 Å². The molecule has 190 valence electrons. The van der Waals surface area contributed by atoms with E-state index in [1.807, 2.05) is 20.8 Å². The first-order chi connectivity index (χ1) is 16.6. The summed E-state index contributed by atoms with van der Waals surface area (Å²) in [5.41, 5.74) is -0.989. The molecular weight excluding hydrogens is 478 g/mol. The third-order valence-corrected chi connectivity index (χ3v) is 6.39. The van der Waals surface area contributed by atoms with Crippen LogP contribution in [0.2, 0.25) is 0 Å². The topological polar surface area (TPSA) is 84.2 Å². The average molecular weight is 503 g/mol. The fourth-order valence-corrected chi connectivity index (χ4v) is 4.26. The Balaban J connectivity index is 1.66. The number of carboxylic acid groups (broad SMARTS) is 1. The minimum absolute atomic E-state index is 0.0753. The number of benzene rings is 2. The molecule has 1 amide bonds. The highest BCUT2D eigenvalue weighted by atomic mass is 19.4. The van der Waals surface area contributed by atoms with Gasteiger partial charge in [0.15, 0.2) is 0 Å². The maximum atomic E-state index is 14.6. The van der Waals surface area contributed by atoms with Gasteiger partial charge in [-0.25, -0.2) is 14.2 Å². The smallest absolute Gasteiger partial charge is 0.416 e. The van der Waals surface area contributed by atoms with Gasteiger partial charge >= 0.3 is 12.1 Å². The largest absolute Gasteiger partial charge is 0.478 e. The van der Waals surface area contributed by atoms with Gasteiger partial charge in [0, 0.05) is 22.9 Å². The predicted molar refractivity (Wildman–Crippen MR) is 125 cm³/mol. The van der Waals surface area contributed by atoms with E-state index in [9.17, 15) is 32.3 Å². The quantitative estimate of drug-likeness (QED) is 0.418. The van der Waals surface area contributed by atoms with E-state index in [-0.39, 0.29) is 35.1 Å². The number of carbonyl (C=O) groups is 2. The molecule has 4 rings (SSSR count). The van der Waals surface area contributed by atoms with Crippen LogP contribution in [0.3, 0.4) is 0 Å². The Hall–Kier alpha value is -3.69. The van der Waals surface area contributed by atoms with Gasteiger partial charge in [-0.2, -0.15) is 13.2 Å². The van der Waals surface area contributed by atoms with E-state index >= 15 is 0 Å². The maximum Gasteiger partial charge on any atom is 0.416 e. The summed E-state index contributed by atoms with van der Waals surface area (Å²) >= 11 is 0. The van der Waals surface area contributed by atoms with Gasteiger partial charge in [0.25, 0.3) is 0 Å². The lowest BCUT2D eigenvalue weighted by atomic mass is 9.93. The molecule has 6 nitrogen and oxygen atoms in total. The molecule has 0 bridgehead atoms. The van der Waals surface area contributed by atoms with Gasteiger partial charge in [-0.1, -0.05) is 26.8 Å². The van der Waals surface area contributed by atoms with Crippen LogP contribution in [-0.4, -0.2) is 26.5 Å². The number of carbonyl (C=O) groups excluding carboxylic acids is 1. The molecule has 1 aromatic heterocycles. The third kappa shape index (κ3) is 4.59. The number of halogens is 4. The fraction of sp³-hybridized carbons (Fsp3) is 0.346. The first kappa shape index (κ1) is 25.4. The van der Waals surface area contributed by atoms with Crippen molar-refractivity contribution in [1.29, 1.82) is 0 Å². The molecule has 3 aromatic rings. The second-order valence-corrected chi connectivity index (χ2v) is 10.1. The molecule has 1 aliphatic carbocycles. The molecule has 1 saturated carbocycles. The van der Waals surface area contributed by atoms with E-state index in [1.54, 1.807) is 23.8 Å². The number of imidazole rings is 1. The van der Waals surface area contributed by atoms with Crippen molar-refractivity contribution in [3.8, 4) is 5.69 Å². The molecule has 0 radical (unpaired) electrons. The Morgan fingerprint density at radius 1 is 1.11 bits per heavy atom. The van der Waals surface area contributed by atoms with Gasteiger partial charge < -0.3 is 15.0 Å². The molecule has 0 saturated heterocycles. The van der Waals surface area contributed by atoms with Crippen molar-refractivity contribution in [2.24, 2.45) is 0 Å². The number of nitrogens with one attached hydrogen (secondary N) is 1. The zero-order valence-corrected chi connectivity index (χ0v) is 20.1. The molecule has 36 heavy (non-hydrogen) atoms. The number of aryl methyl sites for hydroxylation is 1. The molecule has 1 heterocycles. The number of rotatable bonds is 5. The van der Waals surface area contributed by atoms with E-state index in [0.717, 1.165) is 17.8 Å². The van der Waals surface area contributed by atoms with E-state index < -0.39 is 34.8 Å². The number of hydrogen-bond acceptors (Lipinski definition) is 3. The highest BCUT2D eigenvalue weighted by molar-refractivity contribution is 6.03. The number of alkyl halides is 3. The number of aromatic nitrogens is 2. The molecule has 2 N–H and O–H groups in total. The van der Waals surface area contributed by atoms with Gasteiger partial charge in [-0.3, -0.25) is 4.79 Å². The van der Waals surface area contributed by atoms with Crippen molar-refractivity contribution in [3.05, 3.63) is 76.6 Å². The Morgan fingerprint density at radius 3 is 2.28 bits per heavy atom. The predicted octanol–water partition coefficient (Wildman–Crippen LogP) is 6.00. The van der Waals surface area contributed by atoms with Gasteiger partial charge in [-0.05, 0) is 49.6 Å². The van der Waals surface area contributed by atoms with Crippen LogP contribution < -0.4 is 5.32 Å². The first-order valence-corrected chi connectivity index (χ1v) is 11.2. The summed E-state index contributed by atoms with van der Waals surface area (Å²) < 4.78 is 55.0. The lowest BCUT2D eigenvalue weighted by Gasteiger charge is -2.19. The number of carboxylic acids is 1. The number of nitrogens with zero attached hydrogens (tertiary/aromatic N) is 2. The van der Waals surface area contributed by atoms with Crippen molar-refractivity contribution in [2.75, 3.05) is 5.32 Å². The molecule has 0 atom stereocenters. The lowest BCUT2D eigenvalue weighted by molar-refractivity contribution is -0.137. The molecule has 2 aromatic carbocycles. The summed E-state index contributed by atoms with van der Waals surface area (Å²) in [6.07, 6.45) is -0.906. The Labute approximate surface area is 205 Å². The van der Waals surface area contributed by atoms with Crippen molar-refractivity contribution < 1.29 is 32.3 Å². The van der Waals surface area contributed by atoms with Crippen LogP contribution in [-0.2, 0) is 21.8 Å². The SMILES string of the molecule is Cc1cc(NC(=O)C2(c3ccc(C(F)(F)F)cc3F)CC2)cc(C(=O)O)c1-n1cnc(C(C)(C)C)c1. The van der Waals surface area contributed by atoms with Crippen LogP contribution in [0.25, 0.3) is 5.69 Å². The number of aromatic carboxylic acids is 1. The van der Waals surface area contributed by atoms with Crippen LogP contribution in [0.1, 0.15) is 66.4 Å². The molecule has 0 unspecified atom stereocenters. The standard InChI is InChI=1S/C26H25F4N3O3/c1-14-9-16(11-17(22(34)35)21(14)33-12-20(31-13-33)24(2,3)4)32-23(36)25(7-8-25)18-6-5-15(10-19(18)27)26(28,29)30/h5-6,9-13H,7-8H2,1-4H3,(H,32,36)(H,34,35). The molecule has 1 fully saturated rings. The van der Waals surface area contributed by atoms with Crippen LogP contribution >= 0.6 is 0 Å². The fourth-order valence-electron chi connectivity index (χ4n) is 4.26. The first-order valence-electron chi connectivity index (χ1n) is 11.2. The molecule has 0 spiro atoms. The summed E-state index contributed by atoms with van der Waals surface area (Å²) in [5, 5.41) is 12.5. The summed E-state index contributed by atoms with van der Waals surface area (Å²) in [5.74, 6) is -2.93. The zero-order chi connectivity index (χ0) is 26.6. The van der Waals surface area contributed by atoms with E-state index in [4.69, 9.17) is 0 Å². The summed E-state index contributed by atoms with van der Waals surface area (Å²) in [6.45, 7) is 7.64. The number of hydrogen-bond donors (Lipinski definition) is 2. The minimum Gasteiger partial charge on any atom is -0.478 e. The monoisotopic (exact) mass is 503 g/mol. The highest BCUT2D eigenvalue weighted by Crippen LogP contribution is 2.50. The van der Waals surface area contributed by atoms with E-state index in [0.29, 0.717) is 17.3 Å². The van der Waals surface area contributed by atoms with Gasteiger partial charge in [0.2, 0.25) is 5.91 Å². The minimum atomic E-state index is -4.70. The van der Waals surface area contributed by atoms with Gasteiger partial charge in [0.05, 0.1) is 34.3 Å². The van der Waals surface area contributed by atoms with E-state index in [1.165, 1.54) is 12.4 Å². The summed E-state index contributed by atoms with van der Waals surface area (Å²) in [7, 11) is 0. The van der Waals surface area contributed by atoms with Crippen molar-refractivity contribution >= 4 is 17.6 Å². The van der Waals surface area contributed by atoms with Crippen LogP contribution in [0.4, 0.5) is 23.2 Å². The molecule has 10 heteroatoms. The van der Waals surface area contributed by atoms with Crippen LogP contribution in [0, 0.1) is 12.7 Å². The number of anilines is 1. The molecule has 0 aliphatic heterocycles. The Morgan fingerprint density at radius 2 is 1.78 bits per heavy atom. The van der Waals surface area contributed by atoms with Gasteiger partial charge in [-0.15, -0.1) is 0 Å². The molecular formula is C26H25F4N3O3. The summed E-state index contributed by atoms with van der Waals surface area (Å²) in [4.78, 5) is 29.6. The zero-order valence-electron chi connectivity index (χ0n) is 20.1. The normalized spacial score (nSPS) is 15.0. The van der Waals surface area contributed by atoms with Gasteiger partial charge in [0.1, 0.15) is 5.82 Å². The Bertz CT molecular complexity index is 1370. The van der Waals surface area contributed by atoms with Crippen molar-refractivity contribution in [1.82, 2.24) is 9.55 Å². The maximum absolute atomic E-state index is 14.6. The molecule has 1 aliphatic rings. The lowest BCUT2D eigenvalue weighted by Crippen LogP contribution is -2.29. The third-order valence-electron chi connectivity index (χ3n) is 6.39. The van der Waals surface area contributed by atoms with Crippen LogP contribution in [0.15, 0.2) is 42.9 Å². The second-order valence-electron chi connectivity index (χ2n) is 10.1. The summed E-state index contributed by atoms with van der Waals surface area (Å²) in [6, 6.07) is 5.03.